The smallest absolute Gasteiger partial charge is 0.136 e. The Balaban J connectivity index is 2.64. The molecular weight excluding hydrogens is 219 g/mol. The van der Waals surface area contributed by atoms with Gasteiger partial charge in [-0.2, -0.15) is 0 Å². The second kappa shape index (κ2) is 3.84. The molecule has 2 rings (SSSR count). The maximum absolute atomic E-state index is 13.3. The lowest BCUT2D eigenvalue weighted by Gasteiger charge is -2.05. The van der Waals surface area contributed by atoms with Crippen molar-refractivity contribution in [2.75, 3.05) is 0 Å². The van der Waals surface area contributed by atoms with Crippen LogP contribution in [0, 0.1) is 17.5 Å². The molecule has 1 heterocycles. The van der Waals surface area contributed by atoms with Crippen LogP contribution in [0.25, 0.3) is 11.1 Å². The van der Waals surface area contributed by atoms with E-state index < -0.39 is 23.0 Å². The van der Waals surface area contributed by atoms with E-state index in [1.54, 1.807) is 0 Å². The van der Waals surface area contributed by atoms with Crippen molar-refractivity contribution < 1.29 is 18.3 Å². The van der Waals surface area contributed by atoms with Crippen molar-refractivity contribution in [3.8, 4) is 16.9 Å². The molecule has 0 amide bonds. The molecule has 0 fully saturated rings. The second-order valence-electron chi connectivity index (χ2n) is 3.18. The molecule has 0 aliphatic carbocycles. The number of rotatable bonds is 1. The molecule has 0 aliphatic rings. The van der Waals surface area contributed by atoms with Gasteiger partial charge in [0.2, 0.25) is 0 Å². The van der Waals surface area contributed by atoms with Gasteiger partial charge in [-0.25, -0.2) is 13.2 Å². The largest absolute Gasteiger partial charge is 0.506 e. The number of halogens is 3. The van der Waals surface area contributed by atoms with Crippen LogP contribution in [0.4, 0.5) is 13.2 Å². The molecule has 1 aromatic carbocycles. The van der Waals surface area contributed by atoms with Gasteiger partial charge >= 0.3 is 0 Å². The van der Waals surface area contributed by atoms with E-state index in [9.17, 15) is 13.2 Å². The van der Waals surface area contributed by atoms with E-state index in [2.05, 4.69) is 4.98 Å². The fourth-order valence-corrected chi connectivity index (χ4v) is 1.38. The van der Waals surface area contributed by atoms with E-state index >= 15 is 0 Å². The van der Waals surface area contributed by atoms with E-state index in [1.165, 1.54) is 6.20 Å². The van der Waals surface area contributed by atoms with Gasteiger partial charge in [0.25, 0.3) is 0 Å². The van der Waals surface area contributed by atoms with Crippen molar-refractivity contribution in [1.29, 1.82) is 0 Å². The topological polar surface area (TPSA) is 33.1 Å². The first-order valence-electron chi connectivity index (χ1n) is 4.37. The molecule has 0 saturated carbocycles. The lowest BCUT2D eigenvalue weighted by molar-refractivity contribution is 0.473. The van der Waals surface area contributed by atoms with E-state index in [-0.39, 0.29) is 11.3 Å². The zero-order valence-electron chi connectivity index (χ0n) is 7.92. The van der Waals surface area contributed by atoms with Gasteiger partial charge in [-0.1, -0.05) is 0 Å². The molecule has 0 atom stereocenters. The summed E-state index contributed by atoms with van der Waals surface area (Å²) in [6, 6.07) is 2.29. The Morgan fingerprint density at radius 1 is 0.938 bits per heavy atom. The second-order valence-corrected chi connectivity index (χ2v) is 3.18. The van der Waals surface area contributed by atoms with Gasteiger partial charge in [0.05, 0.1) is 11.8 Å². The zero-order valence-corrected chi connectivity index (χ0v) is 7.92. The molecule has 0 unspecified atom stereocenters. The Hall–Kier alpha value is -2.04. The quantitative estimate of drug-likeness (QED) is 0.809. The van der Waals surface area contributed by atoms with E-state index in [1.807, 2.05) is 0 Å². The lowest BCUT2D eigenvalue weighted by Crippen LogP contribution is -1.92. The molecule has 1 aromatic heterocycles. The predicted octanol–water partition coefficient (Wildman–Crippen LogP) is 2.87. The van der Waals surface area contributed by atoms with Gasteiger partial charge in [0, 0.05) is 23.9 Å². The minimum absolute atomic E-state index is 0.0509. The van der Waals surface area contributed by atoms with Crippen molar-refractivity contribution in [3.05, 3.63) is 48.0 Å². The van der Waals surface area contributed by atoms with Crippen LogP contribution in [0.1, 0.15) is 0 Å². The summed E-state index contributed by atoms with van der Waals surface area (Å²) in [5.41, 5.74) is -0.361. The molecule has 2 aromatic rings. The summed E-state index contributed by atoms with van der Waals surface area (Å²) in [7, 11) is 0. The maximum atomic E-state index is 13.3. The number of aromatic nitrogens is 1. The summed E-state index contributed by atoms with van der Waals surface area (Å²) in [4.78, 5) is 3.59. The van der Waals surface area contributed by atoms with E-state index in [0.29, 0.717) is 12.1 Å². The fourth-order valence-electron chi connectivity index (χ4n) is 1.38. The Morgan fingerprint density at radius 3 is 2.12 bits per heavy atom. The summed E-state index contributed by atoms with van der Waals surface area (Å²) >= 11 is 0. The Labute approximate surface area is 89.0 Å². The number of hydrogen-bond acceptors (Lipinski definition) is 2. The third-order valence-corrected chi connectivity index (χ3v) is 2.02. The van der Waals surface area contributed by atoms with Crippen LogP contribution in [-0.4, -0.2) is 10.1 Å². The van der Waals surface area contributed by atoms with Gasteiger partial charge in [-0.05, 0) is 6.07 Å². The number of hydrogen-bond donors (Lipinski definition) is 1. The van der Waals surface area contributed by atoms with Crippen LogP contribution in [-0.2, 0) is 0 Å². The average Bonchev–Trinajstić information content (AvgIpc) is 2.15. The zero-order chi connectivity index (χ0) is 11.7. The number of aromatic hydroxyl groups is 1. The standard InChI is InChI=1S/C11H6F3NO/c12-7-2-9(13)11(10(14)3-7)6-1-8(16)5-15-4-6/h1-5,16H. The molecule has 16 heavy (non-hydrogen) atoms. The van der Waals surface area contributed by atoms with Gasteiger partial charge in [-0.15, -0.1) is 0 Å². The van der Waals surface area contributed by atoms with Crippen molar-refractivity contribution in [3.63, 3.8) is 0 Å². The highest BCUT2D eigenvalue weighted by Crippen LogP contribution is 2.28. The fraction of sp³-hybridized carbons (Fsp3) is 0. The van der Waals surface area contributed by atoms with Gasteiger partial charge in [0.1, 0.15) is 23.2 Å². The van der Waals surface area contributed by atoms with Crippen LogP contribution in [0.5, 0.6) is 5.75 Å². The summed E-state index contributed by atoms with van der Waals surface area (Å²) in [6.45, 7) is 0. The SMILES string of the molecule is Oc1cncc(-c2c(F)cc(F)cc2F)c1. The highest BCUT2D eigenvalue weighted by atomic mass is 19.1. The molecule has 0 bridgehead atoms. The van der Waals surface area contributed by atoms with Crippen molar-refractivity contribution in [2.45, 2.75) is 0 Å². The summed E-state index contributed by atoms with van der Waals surface area (Å²) in [5, 5.41) is 9.13. The highest BCUT2D eigenvalue weighted by Gasteiger charge is 2.14. The van der Waals surface area contributed by atoms with Gasteiger partial charge < -0.3 is 5.11 Å². The Kier molecular flexibility index (Phi) is 2.52. The van der Waals surface area contributed by atoms with Crippen LogP contribution in [0.15, 0.2) is 30.6 Å². The van der Waals surface area contributed by atoms with Crippen molar-refractivity contribution >= 4 is 0 Å². The molecule has 0 saturated heterocycles. The molecule has 82 valence electrons. The van der Waals surface area contributed by atoms with Crippen molar-refractivity contribution in [1.82, 2.24) is 4.98 Å². The van der Waals surface area contributed by atoms with E-state index in [4.69, 9.17) is 5.11 Å². The summed E-state index contributed by atoms with van der Waals surface area (Å²) in [5.74, 6) is -3.29. The molecular formula is C11H6F3NO. The lowest BCUT2D eigenvalue weighted by atomic mass is 10.1. The first-order chi connectivity index (χ1) is 7.58. The minimum Gasteiger partial charge on any atom is -0.506 e. The van der Waals surface area contributed by atoms with Crippen LogP contribution in [0.3, 0.4) is 0 Å². The third kappa shape index (κ3) is 1.84. The normalized spacial score (nSPS) is 10.4. The van der Waals surface area contributed by atoms with Crippen molar-refractivity contribution in [2.24, 2.45) is 0 Å². The Morgan fingerprint density at radius 2 is 1.56 bits per heavy atom. The Bertz CT molecular complexity index is 519. The van der Waals surface area contributed by atoms with E-state index in [0.717, 1.165) is 12.3 Å². The third-order valence-electron chi connectivity index (χ3n) is 2.02. The van der Waals surface area contributed by atoms with Crippen LogP contribution < -0.4 is 0 Å². The molecule has 1 N–H and O–H groups in total. The van der Waals surface area contributed by atoms with Gasteiger partial charge in [0.15, 0.2) is 0 Å². The number of benzene rings is 1. The molecule has 5 heteroatoms. The summed E-state index contributed by atoms with van der Waals surface area (Å²) in [6.07, 6.45) is 2.31. The molecule has 2 nitrogen and oxygen atoms in total. The van der Waals surface area contributed by atoms with Gasteiger partial charge in [-0.3, -0.25) is 4.98 Å². The van der Waals surface area contributed by atoms with Crippen LogP contribution >= 0.6 is 0 Å². The number of pyridine rings is 1. The summed E-state index contributed by atoms with van der Waals surface area (Å²) < 4.78 is 39.3. The molecule has 0 radical (unpaired) electrons. The number of nitrogens with zero attached hydrogens (tertiary/aromatic N) is 1. The van der Waals surface area contributed by atoms with Crippen LogP contribution in [0.2, 0.25) is 0 Å². The molecule has 0 aliphatic heterocycles. The predicted molar refractivity (Wildman–Crippen MR) is 51.2 cm³/mol. The monoisotopic (exact) mass is 225 g/mol. The average molecular weight is 225 g/mol. The molecule has 0 spiro atoms. The highest BCUT2D eigenvalue weighted by molar-refractivity contribution is 5.65. The maximum Gasteiger partial charge on any atom is 0.136 e. The first-order valence-corrected chi connectivity index (χ1v) is 4.37. The first kappa shape index (κ1) is 10.5. The minimum atomic E-state index is -1.04.